The molecule has 0 unspecified atom stereocenters. The number of carbonyl (C=O) groups is 1. The van der Waals surface area contributed by atoms with E-state index in [1.807, 2.05) is 51.5 Å². The van der Waals surface area contributed by atoms with Gasteiger partial charge in [0.15, 0.2) is 0 Å². The Kier molecular flexibility index (Phi) is 5.31. The number of hydrogen-bond acceptors (Lipinski definition) is 3. The van der Waals surface area contributed by atoms with Crippen LogP contribution in [0.3, 0.4) is 0 Å². The number of esters is 1. The number of rotatable bonds is 6. The van der Waals surface area contributed by atoms with Gasteiger partial charge in [0.25, 0.3) is 0 Å². The van der Waals surface area contributed by atoms with Crippen LogP contribution in [0.1, 0.15) is 11.5 Å². The van der Waals surface area contributed by atoms with E-state index >= 15 is 0 Å². The molecule has 0 bridgehead atoms. The van der Waals surface area contributed by atoms with E-state index in [0.717, 1.165) is 16.6 Å². The number of quaternary nitrogens is 1. The molecule has 0 saturated heterocycles. The van der Waals surface area contributed by atoms with Crippen LogP contribution in [0.15, 0.2) is 30.3 Å². The summed E-state index contributed by atoms with van der Waals surface area (Å²) in [5.74, 6) is -0.948. The van der Waals surface area contributed by atoms with Gasteiger partial charge in [-0.3, -0.25) is 4.79 Å². The Morgan fingerprint density at radius 2 is 1.89 bits per heavy atom. The fourth-order valence-corrected chi connectivity index (χ4v) is 1.52. The minimum absolute atomic E-state index is 0.229. The highest BCUT2D eigenvalue weighted by Gasteiger charge is 2.21. The zero-order valence-electron chi connectivity index (χ0n) is 11.3. The first-order valence-electron chi connectivity index (χ1n) is 6.07. The Bertz CT molecular complexity index is 370. The summed E-state index contributed by atoms with van der Waals surface area (Å²) in [4.78, 5) is 11.9. The van der Waals surface area contributed by atoms with Crippen molar-refractivity contribution in [2.45, 2.75) is 5.92 Å². The topological polar surface area (TPSA) is 46.5 Å². The second kappa shape index (κ2) is 6.52. The molecule has 4 nitrogen and oxygen atoms in total. The van der Waals surface area contributed by atoms with Gasteiger partial charge in [-0.1, -0.05) is 30.3 Å². The van der Waals surface area contributed by atoms with Crippen LogP contribution in [0.25, 0.3) is 0 Å². The lowest BCUT2D eigenvalue weighted by molar-refractivity contribution is -0.870. The number of likely N-dealkylation sites (N-methyl/N-ethyl adjacent to an activating group) is 1. The highest BCUT2D eigenvalue weighted by atomic mass is 16.5. The molecule has 1 aromatic carbocycles. The molecule has 100 valence electrons. The van der Waals surface area contributed by atoms with Crippen LogP contribution in [-0.2, 0) is 9.53 Å². The predicted octanol–water partition coefficient (Wildman–Crippen LogP) is 1.01. The molecule has 1 rings (SSSR count). The summed E-state index contributed by atoms with van der Waals surface area (Å²) in [6, 6.07) is 9.21. The van der Waals surface area contributed by atoms with Crippen molar-refractivity contribution < 1.29 is 19.1 Å². The molecule has 0 aliphatic rings. The van der Waals surface area contributed by atoms with Crippen LogP contribution in [-0.4, -0.2) is 56.5 Å². The smallest absolute Gasteiger partial charge is 0.315 e. The Morgan fingerprint density at radius 3 is 2.39 bits per heavy atom. The first kappa shape index (κ1) is 14.7. The molecule has 0 aliphatic carbocycles. The second-order valence-corrected chi connectivity index (χ2v) is 5.33. The quantitative estimate of drug-likeness (QED) is 0.607. The van der Waals surface area contributed by atoms with Crippen molar-refractivity contribution in [1.29, 1.82) is 0 Å². The van der Waals surface area contributed by atoms with Crippen molar-refractivity contribution in [1.82, 2.24) is 0 Å². The monoisotopic (exact) mass is 252 g/mol. The Hall–Kier alpha value is -1.39. The second-order valence-electron chi connectivity index (χ2n) is 5.33. The maximum absolute atomic E-state index is 11.9. The van der Waals surface area contributed by atoms with Crippen LogP contribution in [0.2, 0.25) is 0 Å². The first-order valence-corrected chi connectivity index (χ1v) is 6.07. The van der Waals surface area contributed by atoms with E-state index in [9.17, 15) is 9.90 Å². The van der Waals surface area contributed by atoms with E-state index in [0.29, 0.717) is 6.61 Å². The fraction of sp³-hybridized carbons (Fsp3) is 0.500. The fourth-order valence-electron chi connectivity index (χ4n) is 1.52. The minimum Gasteiger partial charge on any atom is -0.459 e. The molecule has 1 N–H and O–H groups in total. The van der Waals surface area contributed by atoms with Crippen molar-refractivity contribution in [2.24, 2.45) is 0 Å². The predicted molar refractivity (Wildman–Crippen MR) is 70.1 cm³/mol. The van der Waals surface area contributed by atoms with Crippen LogP contribution in [0.4, 0.5) is 0 Å². The van der Waals surface area contributed by atoms with Crippen molar-refractivity contribution in [2.75, 3.05) is 40.9 Å². The third-order valence-electron chi connectivity index (χ3n) is 2.68. The average Bonchev–Trinajstić information content (AvgIpc) is 2.29. The van der Waals surface area contributed by atoms with Gasteiger partial charge in [0, 0.05) is 0 Å². The van der Waals surface area contributed by atoms with Gasteiger partial charge in [-0.15, -0.1) is 0 Å². The van der Waals surface area contributed by atoms with Gasteiger partial charge in [0.05, 0.1) is 27.7 Å². The highest BCUT2D eigenvalue weighted by Crippen LogP contribution is 2.16. The van der Waals surface area contributed by atoms with Crippen molar-refractivity contribution in [3.05, 3.63) is 35.9 Å². The first-order chi connectivity index (χ1) is 8.44. The molecular weight excluding hydrogens is 230 g/mol. The molecule has 0 spiro atoms. The van der Waals surface area contributed by atoms with Crippen LogP contribution < -0.4 is 0 Å². The number of hydrogen-bond donors (Lipinski definition) is 1. The lowest BCUT2D eigenvalue weighted by Crippen LogP contribution is -2.38. The number of ether oxygens (including phenoxy) is 1. The molecule has 4 heteroatoms. The molecule has 0 heterocycles. The molecule has 0 amide bonds. The number of carbonyl (C=O) groups excluding carboxylic acids is 1. The summed E-state index contributed by atoms with van der Waals surface area (Å²) in [5, 5.41) is 9.30. The third kappa shape index (κ3) is 4.85. The average molecular weight is 252 g/mol. The van der Waals surface area contributed by atoms with Gasteiger partial charge in [-0.25, -0.2) is 0 Å². The molecular formula is C14H22NO3+. The van der Waals surface area contributed by atoms with Gasteiger partial charge < -0.3 is 14.3 Å². The zero-order valence-corrected chi connectivity index (χ0v) is 11.3. The van der Waals surface area contributed by atoms with Gasteiger partial charge in [-0.2, -0.15) is 0 Å². The molecule has 0 aromatic heterocycles. The largest absolute Gasteiger partial charge is 0.459 e. The number of aliphatic hydroxyl groups excluding tert-OH is 1. The van der Waals surface area contributed by atoms with Gasteiger partial charge >= 0.3 is 5.97 Å². The van der Waals surface area contributed by atoms with E-state index in [1.54, 1.807) is 0 Å². The van der Waals surface area contributed by atoms with Crippen LogP contribution in [0, 0.1) is 0 Å². The lowest BCUT2D eigenvalue weighted by Gasteiger charge is -2.24. The molecule has 1 atom stereocenters. The number of benzene rings is 1. The van der Waals surface area contributed by atoms with Gasteiger partial charge in [0.1, 0.15) is 19.1 Å². The minimum atomic E-state index is -0.585. The Balaban J connectivity index is 2.54. The molecule has 0 fully saturated rings. The van der Waals surface area contributed by atoms with Crippen LogP contribution >= 0.6 is 0 Å². The van der Waals surface area contributed by atoms with E-state index in [-0.39, 0.29) is 12.6 Å². The third-order valence-corrected chi connectivity index (χ3v) is 2.68. The Morgan fingerprint density at radius 1 is 1.28 bits per heavy atom. The maximum atomic E-state index is 11.9. The maximum Gasteiger partial charge on any atom is 0.315 e. The molecule has 0 aliphatic heterocycles. The van der Waals surface area contributed by atoms with E-state index in [2.05, 4.69) is 0 Å². The standard InChI is InChI=1S/C14H22NO3/c1-15(2,3)9-10-18-14(17)13(11-16)12-7-5-4-6-8-12/h4-8,13,16H,9-11H2,1-3H3/q+1/t13-/m0/s1. The summed E-state index contributed by atoms with van der Waals surface area (Å²) < 4.78 is 5.95. The summed E-state index contributed by atoms with van der Waals surface area (Å²) in [7, 11) is 6.11. The van der Waals surface area contributed by atoms with E-state index in [1.165, 1.54) is 0 Å². The van der Waals surface area contributed by atoms with Crippen molar-refractivity contribution in [3.63, 3.8) is 0 Å². The molecule has 0 saturated carbocycles. The van der Waals surface area contributed by atoms with Crippen molar-refractivity contribution in [3.8, 4) is 0 Å². The van der Waals surface area contributed by atoms with E-state index in [4.69, 9.17) is 4.74 Å². The lowest BCUT2D eigenvalue weighted by atomic mass is 10.0. The SMILES string of the molecule is C[N+](C)(C)CCOC(=O)[C@@H](CO)c1ccccc1. The van der Waals surface area contributed by atoms with Crippen LogP contribution in [0.5, 0.6) is 0 Å². The molecule has 18 heavy (non-hydrogen) atoms. The summed E-state index contributed by atoms with van der Waals surface area (Å²) in [5.41, 5.74) is 0.787. The molecule has 0 radical (unpaired) electrons. The zero-order chi connectivity index (χ0) is 13.6. The summed E-state index contributed by atoms with van der Waals surface area (Å²) in [6.07, 6.45) is 0. The van der Waals surface area contributed by atoms with Crippen molar-refractivity contribution >= 4 is 5.97 Å². The summed E-state index contributed by atoms with van der Waals surface area (Å²) in [6.45, 7) is 0.886. The summed E-state index contributed by atoms with van der Waals surface area (Å²) >= 11 is 0. The van der Waals surface area contributed by atoms with Gasteiger partial charge in [0.2, 0.25) is 0 Å². The van der Waals surface area contributed by atoms with E-state index < -0.39 is 5.92 Å². The number of nitrogens with zero attached hydrogens (tertiary/aromatic N) is 1. The normalized spacial score (nSPS) is 13.1. The van der Waals surface area contributed by atoms with Gasteiger partial charge in [-0.05, 0) is 5.56 Å². The Labute approximate surface area is 108 Å². The number of aliphatic hydroxyl groups is 1. The highest BCUT2D eigenvalue weighted by molar-refractivity contribution is 5.78. The molecule has 1 aromatic rings.